The van der Waals surface area contributed by atoms with E-state index in [4.69, 9.17) is 5.73 Å². The molecule has 3 unspecified atom stereocenters. The molecule has 2 amide bonds. The van der Waals surface area contributed by atoms with E-state index >= 15 is 0 Å². The zero-order valence-corrected chi connectivity index (χ0v) is 10.6. The Labute approximate surface area is 109 Å². The highest BCUT2D eigenvalue weighted by Crippen LogP contribution is 2.34. The van der Waals surface area contributed by atoms with Gasteiger partial charge in [0.05, 0.1) is 11.5 Å². The lowest BCUT2D eigenvalue weighted by Gasteiger charge is -2.19. The first-order chi connectivity index (χ1) is 8.65. The zero-order chi connectivity index (χ0) is 12.7. The van der Waals surface area contributed by atoms with Gasteiger partial charge in [0, 0.05) is 12.1 Å². The van der Waals surface area contributed by atoms with Crippen molar-refractivity contribution in [3.8, 4) is 0 Å². The minimum atomic E-state index is -0.502. The Hall–Kier alpha value is -1.40. The van der Waals surface area contributed by atoms with Crippen LogP contribution in [0.1, 0.15) is 29.6 Å². The van der Waals surface area contributed by atoms with Gasteiger partial charge in [0.25, 0.3) is 5.91 Å². The van der Waals surface area contributed by atoms with Crippen LogP contribution in [0.25, 0.3) is 0 Å². The molecule has 2 saturated heterocycles. The second kappa shape index (κ2) is 4.37. The number of carbonyl (C=O) groups is 2. The number of fused-ring (bicyclic) bond motifs is 2. The number of hydrogen-bond acceptors (Lipinski definition) is 4. The third kappa shape index (κ3) is 1.91. The zero-order valence-electron chi connectivity index (χ0n) is 9.81. The van der Waals surface area contributed by atoms with Crippen LogP contribution in [0.2, 0.25) is 0 Å². The number of primary amides is 1. The van der Waals surface area contributed by atoms with Crippen LogP contribution < -0.4 is 16.4 Å². The largest absolute Gasteiger partial charge is 0.366 e. The van der Waals surface area contributed by atoms with Crippen LogP contribution in [0.15, 0.2) is 11.4 Å². The van der Waals surface area contributed by atoms with Gasteiger partial charge >= 0.3 is 0 Å². The van der Waals surface area contributed by atoms with Gasteiger partial charge in [-0.2, -0.15) is 0 Å². The van der Waals surface area contributed by atoms with Crippen LogP contribution in [-0.2, 0) is 4.79 Å². The Morgan fingerprint density at radius 2 is 2.28 bits per heavy atom. The molecule has 1 aromatic rings. The number of hydrogen-bond donors (Lipinski definition) is 3. The molecule has 3 heterocycles. The van der Waals surface area contributed by atoms with E-state index in [1.807, 2.05) is 0 Å². The summed E-state index contributed by atoms with van der Waals surface area (Å²) in [4.78, 5) is 23.4. The van der Waals surface area contributed by atoms with Gasteiger partial charge < -0.3 is 16.4 Å². The molecule has 0 spiro atoms. The summed E-state index contributed by atoms with van der Waals surface area (Å²) in [6.45, 7) is 0. The first-order valence-corrected chi connectivity index (χ1v) is 6.97. The molecule has 3 atom stereocenters. The van der Waals surface area contributed by atoms with Crippen molar-refractivity contribution in [3.05, 3.63) is 17.0 Å². The fraction of sp³-hybridized carbons (Fsp3) is 0.500. The molecule has 2 aliphatic heterocycles. The Kier molecular flexibility index (Phi) is 2.83. The first kappa shape index (κ1) is 11.7. The summed E-state index contributed by atoms with van der Waals surface area (Å²) in [5.74, 6) is -0.483. The topological polar surface area (TPSA) is 84.2 Å². The maximum atomic E-state index is 12.2. The van der Waals surface area contributed by atoms with Crippen LogP contribution >= 0.6 is 11.3 Å². The van der Waals surface area contributed by atoms with Crippen molar-refractivity contribution in [1.82, 2.24) is 5.32 Å². The number of anilines is 1. The minimum Gasteiger partial charge on any atom is -0.366 e. The van der Waals surface area contributed by atoms with Crippen LogP contribution in [0.5, 0.6) is 0 Å². The maximum Gasteiger partial charge on any atom is 0.251 e. The summed E-state index contributed by atoms with van der Waals surface area (Å²) in [5, 5.41) is 8.59. The van der Waals surface area contributed by atoms with E-state index in [2.05, 4.69) is 10.6 Å². The molecule has 3 rings (SSSR count). The molecule has 0 saturated carbocycles. The van der Waals surface area contributed by atoms with Gasteiger partial charge in [-0.1, -0.05) is 0 Å². The average Bonchev–Trinajstić information content (AvgIpc) is 3.03. The molecule has 2 fully saturated rings. The Bertz CT molecular complexity index is 499. The molecule has 0 aromatic carbocycles. The Morgan fingerprint density at radius 1 is 1.44 bits per heavy atom. The average molecular weight is 265 g/mol. The van der Waals surface area contributed by atoms with Gasteiger partial charge in [-0.05, 0) is 30.7 Å². The van der Waals surface area contributed by atoms with E-state index in [-0.39, 0.29) is 11.8 Å². The molecule has 96 valence electrons. The minimum absolute atomic E-state index is 0.000324. The smallest absolute Gasteiger partial charge is 0.251 e. The molecule has 2 bridgehead atoms. The Morgan fingerprint density at radius 3 is 2.89 bits per heavy atom. The van der Waals surface area contributed by atoms with E-state index < -0.39 is 5.91 Å². The molecular formula is C12H15N3O2S. The molecule has 1 aromatic heterocycles. The number of carbonyl (C=O) groups excluding carboxylic acids is 2. The van der Waals surface area contributed by atoms with E-state index in [9.17, 15) is 9.59 Å². The fourth-order valence-corrected chi connectivity index (χ4v) is 3.71. The molecule has 0 aliphatic carbocycles. The highest BCUT2D eigenvalue weighted by Gasteiger charge is 2.42. The van der Waals surface area contributed by atoms with Gasteiger partial charge in [0.1, 0.15) is 5.00 Å². The van der Waals surface area contributed by atoms with Gasteiger partial charge in [-0.15, -0.1) is 11.3 Å². The monoisotopic (exact) mass is 265 g/mol. The lowest BCUT2D eigenvalue weighted by molar-refractivity contribution is -0.120. The molecule has 2 aliphatic rings. The molecule has 6 heteroatoms. The standard InChI is InChI=1S/C12H15N3O2S/c13-10(16)7-3-4-18-12(7)15-11(17)8-5-6-1-2-9(8)14-6/h3-4,6,8-9,14H,1-2,5H2,(H2,13,16)(H,15,17). The lowest BCUT2D eigenvalue weighted by atomic mass is 9.88. The van der Waals surface area contributed by atoms with Gasteiger partial charge in [-0.25, -0.2) is 0 Å². The molecule has 18 heavy (non-hydrogen) atoms. The number of nitrogens with one attached hydrogen (secondary N) is 2. The van der Waals surface area contributed by atoms with Crippen LogP contribution in [0.3, 0.4) is 0 Å². The number of nitrogens with two attached hydrogens (primary N) is 1. The number of amides is 2. The van der Waals surface area contributed by atoms with Gasteiger partial charge in [0.15, 0.2) is 0 Å². The fourth-order valence-electron chi connectivity index (χ4n) is 2.92. The third-order valence-electron chi connectivity index (χ3n) is 3.80. The van der Waals surface area contributed by atoms with Crippen molar-refractivity contribution in [2.45, 2.75) is 31.3 Å². The highest BCUT2D eigenvalue weighted by atomic mass is 32.1. The van der Waals surface area contributed by atoms with Crippen molar-refractivity contribution in [1.29, 1.82) is 0 Å². The third-order valence-corrected chi connectivity index (χ3v) is 4.63. The van der Waals surface area contributed by atoms with Crippen molar-refractivity contribution < 1.29 is 9.59 Å². The number of rotatable bonds is 3. The lowest BCUT2D eigenvalue weighted by Crippen LogP contribution is -2.33. The van der Waals surface area contributed by atoms with E-state index in [1.165, 1.54) is 17.8 Å². The van der Waals surface area contributed by atoms with Gasteiger partial charge in [-0.3, -0.25) is 9.59 Å². The normalized spacial score (nSPS) is 29.4. The number of thiophene rings is 1. The van der Waals surface area contributed by atoms with Crippen molar-refractivity contribution in [2.24, 2.45) is 11.7 Å². The van der Waals surface area contributed by atoms with Crippen LogP contribution in [0, 0.1) is 5.92 Å². The Balaban J connectivity index is 1.71. The summed E-state index contributed by atoms with van der Waals surface area (Å²) < 4.78 is 0. The molecular weight excluding hydrogens is 250 g/mol. The summed E-state index contributed by atoms with van der Waals surface area (Å²) in [5.41, 5.74) is 5.65. The SMILES string of the molecule is NC(=O)c1ccsc1NC(=O)C1CC2CCC1N2. The van der Waals surface area contributed by atoms with Crippen LogP contribution in [-0.4, -0.2) is 23.9 Å². The van der Waals surface area contributed by atoms with E-state index in [1.54, 1.807) is 11.4 Å². The second-order valence-electron chi connectivity index (χ2n) is 4.91. The van der Waals surface area contributed by atoms with Crippen molar-refractivity contribution >= 4 is 28.2 Å². The first-order valence-electron chi connectivity index (χ1n) is 6.09. The van der Waals surface area contributed by atoms with Crippen molar-refractivity contribution in [3.63, 3.8) is 0 Å². The summed E-state index contributed by atoms with van der Waals surface area (Å²) >= 11 is 1.33. The quantitative estimate of drug-likeness (QED) is 0.760. The van der Waals surface area contributed by atoms with Crippen LogP contribution in [0.4, 0.5) is 5.00 Å². The predicted octanol–water partition coefficient (Wildman–Crippen LogP) is 0.926. The second-order valence-corrected chi connectivity index (χ2v) is 5.82. The predicted molar refractivity (Wildman–Crippen MR) is 69.5 cm³/mol. The van der Waals surface area contributed by atoms with Crippen molar-refractivity contribution in [2.75, 3.05) is 5.32 Å². The molecule has 0 radical (unpaired) electrons. The maximum absolute atomic E-state index is 12.2. The summed E-state index contributed by atoms with van der Waals surface area (Å²) in [6.07, 6.45) is 3.13. The van der Waals surface area contributed by atoms with E-state index in [0.29, 0.717) is 22.6 Å². The summed E-state index contributed by atoms with van der Waals surface area (Å²) in [7, 11) is 0. The molecule has 5 nitrogen and oxygen atoms in total. The summed E-state index contributed by atoms with van der Waals surface area (Å²) in [6, 6.07) is 2.43. The van der Waals surface area contributed by atoms with Gasteiger partial charge in [0.2, 0.25) is 5.91 Å². The van der Waals surface area contributed by atoms with E-state index in [0.717, 1.165) is 12.8 Å². The molecule has 4 N–H and O–H groups in total. The highest BCUT2D eigenvalue weighted by molar-refractivity contribution is 7.14.